The first-order chi connectivity index (χ1) is 25.5. The minimum absolute atomic E-state index is 0.0200. The van der Waals surface area contributed by atoms with Gasteiger partial charge >= 0.3 is 5.97 Å². The highest BCUT2D eigenvalue weighted by atomic mass is 32.1. The lowest BCUT2D eigenvalue weighted by molar-refractivity contribution is -0.141. The number of carboxylic acids is 1. The zero-order valence-electron chi connectivity index (χ0n) is 30.4. The van der Waals surface area contributed by atoms with E-state index in [-0.39, 0.29) is 36.7 Å². The fourth-order valence-corrected chi connectivity index (χ4v) is 5.28. The molecule has 7 atom stereocenters. The Hall–Kier alpha value is -4.60. The molecule has 1 rings (SSSR count). The molecule has 0 spiro atoms. The van der Waals surface area contributed by atoms with Gasteiger partial charge in [-0.3, -0.25) is 34.2 Å². The molecule has 0 saturated heterocycles. The highest BCUT2D eigenvalue weighted by molar-refractivity contribution is 7.80. The van der Waals surface area contributed by atoms with Gasteiger partial charge in [0.2, 0.25) is 35.4 Å². The molecule has 6 amide bonds. The maximum absolute atomic E-state index is 13.3. The van der Waals surface area contributed by atoms with Crippen LogP contribution in [0.15, 0.2) is 30.3 Å². The molecule has 0 unspecified atom stereocenters. The summed E-state index contributed by atoms with van der Waals surface area (Å²) in [6.45, 7) is 3.40. The van der Waals surface area contributed by atoms with Crippen LogP contribution >= 0.6 is 25.3 Å². The van der Waals surface area contributed by atoms with Crippen molar-refractivity contribution in [1.29, 1.82) is 5.41 Å². The summed E-state index contributed by atoms with van der Waals surface area (Å²) in [5.74, 6) is -6.14. The number of hydrogen-bond acceptors (Lipinski definition) is 12. The van der Waals surface area contributed by atoms with Gasteiger partial charge in [0, 0.05) is 24.5 Å². The Kier molecular flexibility index (Phi) is 22.3. The van der Waals surface area contributed by atoms with E-state index in [0.29, 0.717) is 37.9 Å². The lowest BCUT2D eigenvalue weighted by atomic mass is 10.0. The summed E-state index contributed by atoms with van der Waals surface area (Å²) in [6.07, 6.45) is 1.83. The molecule has 1 aromatic rings. The molecule has 302 valence electrons. The smallest absolute Gasteiger partial charge is 0.327 e. The molecule has 1 aromatic carbocycles. The largest absolute Gasteiger partial charge is 0.480 e. The molecule has 0 aromatic heterocycles. The van der Waals surface area contributed by atoms with Gasteiger partial charge in [-0.1, -0.05) is 30.3 Å². The van der Waals surface area contributed by atoms with Crippen molar-refractivity contribution in [2.24, 2.45) is 17.2 Å². The first-order valence-corrected chi connectivity index (χ1v) is 18.6. The van der Waals surface area contributed by atoms with Crippen LogP contribution in [0.3, 0.4) is 0 Å². The molecule has 0 aliphatic carbocycles. The van der Waals surface area contributed by atoms with Gasteiger partial charge in [0.25, 0.3) is 0 Å². The number of hydrogen-bond donors (Lipinski definition) is 14. The molecule has 0 heterocycles. The number of benzene rings is 1. The Morgan fingerprint density at radius 2 is 1.19 bits per heavy atom. The number of nitrogens with two attached hydrogens (primary N) is 3. The predicted octanol–water partition coefficient (Wildman–Crippen LogP) is -3.16. The Bertz CT molecular complexity index is 1430. The van der Waals surface area contributed by atoms with E-state index in [2.05, 4.69) is 62.5 Å². The maximum atomic E-state index is 13.3. The number of nitrogens with one attached hydrogen (secondary N) is 8. The fraction of sp³-hybridized carbons (Fsp3) is 0.576. The average molecular weight is 798 g/mol. The second-order valence-electron chi connectivity index (χ2n) is 12.5. The van der Waals surface area contributed by atoms with Crippen molar-refractivity contribution < 1.29 is 38.7 Å². The molecule has 0 fully saturated rings. The van der Waals surface area contributed by atoms with Crippen LogP contribution in [0.2, 0.25) is 0 Å². The van der Waals surface area contributed by atoms with Crippen LogP contribution in [-0.2, 0) is 40.0 Å². The van der Waals surface area contributed by atoms with Crippen LogP contribution in [0.4, 0.5) is 0 Å². The molecular weight excluding hydrogens is 743 g/mol. The van der Waals surface area contributed by atoms with E-state index < -0.39 is 83.7 Å². The summed E-state index contributed by atoms with van der Waals surface area (Å²) in [4.78, 5) is 89.9. The standard InChI is InChI=1S/C33H55N11O8S2/c1-18(26(45)39-19(2)27(46)42-23(15-20-9-4-3-5-10-20)30(49)44-25(17-54)32(51)52)40-29(48)22(12-6-7-13-34)41-31(50)24(16-53)43-28(47)21(35)11-8-14-38-33(36)37/h3-5,9-10,18-19,21-25,53-54H,6-8,11-17,34-35H2,1-2H3,(H,39,45)(H,40,48)(H,41,50)(H,42,46)(H,43,47)(H,44,49)(H,51,52)(H4,36,37,38)/t18-,19-,21-,22-,23-,24-,25-/m0/s1. The molecule has 0 aliphatic rings. The van der Waals surface area contributed by atoms with Gasteiger partial charge in [-0.25, -0.2) is 4.79 Å². The second-order valence-corrected chi connectivity index (χ2v) is 13.2. The molecule has 15 N–H and O–H groups in total. The van der Waals surface area contributed by atoms with Gasteiger partial charge < -0.3 is 59.5 Å². The molecule has 0 saturated carbocycles. The van der Waals surface area contributed by atoms with E-state index in [1.54, 1.807) is 30.3 Å². The van der Waals surface area contributed by atoms with E-state index in [1.165, 1.54) is 13.8 Å². The molecule has 0 aliphatic heterocycles. The number of rotatable bonds is 25. The number of carboxylic acid groups (broad SMARTS) is 1. The minimum Gasteiger partial charge on any atom is -0.480 e. The maximum Gasteiger partial charge on any atom is 0.327 e. The molecule has 21 heteroatoms. The monoisotopic (exact) mass is 797 g/mol. The van der Waals surface area contributed by atoms with Gasteiger partial charge in [-0.15, -0.1) is 0 Å². The van der Waals surface area contributed by atoms with E-state index in [1.807, 2.05) is 0 Å². The molecule has 0 radical (unpaired) electrons. The van der Waals surface area contributed by atoms with E-state index in [4.69, 9.17) is 22.6 Å². The summed E-state index contributed by atoms with van der Waals surface area (Å²) in [5.41, 5.74) is 17.5. The number of thiol groups is 2. The average Bonchev–Trinajstić information content (AvgIpc) is 3.13. The van der Waals surface area contributed by atoms with Gasteiger partial charge in [0.15, 0.2) is 5.96 Å². The second kappa shape index (κ2) is 25.4. The van der Waals surface area contributed by atoms with Crippen LogP contribution in [-0.4, -0.2) is 119 Å². The zero-order chi connectivity index (χ0) is 40.8. The van der Waals surface area contributed by atoms with Crippen molar-refractivity contribution >= 4 is 72.6 Å². The van der Waals surface area contributed by atoms with Crippen LogP contribution in [0.5, 0.6) is 0 Å². The number of aliphatic carboxylic acids is 1. The lowest BCUT2D eigenvalue weighted by Gasteiger charge is -2.25. The molecule has 0 bridgehead atoms. The van der Waals surface area contributed by atoms with Crippen LogP contribution in [0, 0.1) is 5.41 Å². The number of carbonyl (C=O) groups is 7. The molecule has 54 heavy (non-hydrogen) atoms. The Labute approximate surface area is 325 Å². The topological polar surface area (TPSA) is 326 Å². The van der Waals surface area contributed by atoms with Gasteiger partial charge in [0.05, 0.1) is 6.04 Å². The quantitative estimate of drug-likeness (QED) is 0.0202. The summed E-state index contributed by atoms with van der Waals surface area (Å²) < 4.78 is 0. The fourth-order valence-electron chi connectivity index (χ4n) is 4.78. The highest BCUT2D eigenvalue weighted by Crippen LogP contribution is 2.07. The van der Waals surface area contributed by atoms with Crippen LogP contribution in [0.1, 0.15) is 51.5 Å². The first-order valence-electron chi connectivity index (χ1n) is 17.4. The van der Waals surface area contributed by atoms with Gasteiger partial charge in [-0.05, 0) is 58.1 Å². The SMILES string of the molecule is C[C@H](NC(=O)[C@H](C)NC(=O)[C@H](CCCCN)NC(=O)[C@H](CS)NC(=O)[C@@H](N)CCCNC(=N)N)C(=O)N[C@@H](Cc1ccccc1)C(=O)N[C@@H](CS)C(=O)O. The first kappa shape index (κ1) is 47.4. The summed E-state index contributed by atoms with van der Waals surface area (Å²) >= 11 is 8.13. The Balaban J connectivity index is 2.92. The van der Waals surface area contributed by atoms with Crippen LogP contribution in [0.25, 0.3) is 0 Å². The van der Waals surface area contributed by atoms with E-state index in [0.717, 1.165) is 0 Å². The number of carbonyl (C=O) groups excluding carboxylic acids is 6. The lowest BCUT2D eigenvalue weighted by Crippen LogP contribution is -2.59. The highest BCUT2D eigenvalue weighted by Gasteiger charge is 2.31. The third-order valence-corrected chi connectivity index (χ3v) is 8.69. The van der Waals surface area contributed by atoms with Crippen molar-refractivity contribution in [1.82, 2.24) is 37.2 Å². The van der Waals surface area contributed by atoms with Crippen molar-refractivity contribution in [2.45, 2.75) is 94.7 Å². The predicted molar refractivity (Wildman–Crippen MR) is 208 cm³/mol. The number of amides is 6. The molecule has 19 nitrogen and oxygen atoms in total. The van der Waals surface area contributed by atoms with Crippen molar-refractivity contribution in [2.75, 3.05) is 24.6 Å². The van der Waals surface area contributed by atoms with Crippen molar-refractivity contribution in [3.05, 3.63) is 35.9 Å². The number of guanidine groups is 1. The Morgan fingerprint density at radius 3 is 1.74 bits per heavy atom. The van der Waals surface area contributed by atoms with E-state index >= 15 is 0 Å². The summed E-state index contributed by atoms with van der Waals surface area (Å²) in [5, 5.41) is 34.1. The van der Waals surface area contributed by atoms with Gasteiger partial charge in [-0.2, -0.15) is 25.3 Å². The van der Waals surface area contributed by atoms with Crippen molar-refractivity contribution in [3.8, 4) is 0 Å². The Morgan fingerprint density at radius 1 is 0.685 bits per heavy atom. The van der Waals surface area contributed by atoms with Crippen molar-refractivity contribution in [3.63, 3.8) is 0 Å². The summed E-state index contributed by atoms with van der Waals surface area (Å²) in [7, 11) is 0. The van der Waals surface area contributed by atoms with Gasteiger partial charge in [0.1, 0.15) is 36.3 Å². The van der Waals surface area contributed by atoms with Crippen LogP contribution < -0.4 is 54.4 Å². The summed E-state index contributed by atoms with van der Waals surface area (Å²) in [6, 6.07) is 0.570. The third kappa shape index (κ3) is 18.0. The third-order valence-electron chi connectivity index (χ3n) is 7.96. The molecular formula is C33H55N11O8S2. The van der Waals surface area contributed by atoms with E-state index in [9.17, 15) is 38.7 Å². The minimum atomic E-state index is -1.31. The normalized spacial score (nSPS) is 14.7. The zero-order valence-corrected chi connectivity index (χ0v) is 32.2. The number of unbranched alkanes of at least 4 members (excludes halogenated alkanes) is 1.